The summed E-state index contributed by atoms with van der Waals surface area (Å²) in [5.74, 6) is -6.90. The molecule has 3 saturated heterocycles. The van der Waals surface area contributed by atoms with E-state index in [0.29, 0.717) is 11.1 Å². The molecule has 2 bridgehead atoms. The van der Waals surface area contributed by atoms with Gasteiger partial charge < -0.3 is 59.1 Å². The Morgan fingerprint density at radius 2 is 1.72 bits per heavy atom. The molecule has 278 valence electrons. The quantitative estimate of drug-likeness (QED) is 0.0991. The average Bonchev–Trinajstić information content (AvgIpc) is 3.37. The molecule has 4 unspecified atom stereocenters. The number of methoxy groups -OCH3 is 1. The third kappa shape index (κ3) is 4.94. The molecule has 15 atom stereocenters. The van der Waals surface area contributed by atoms with Crippen LogP contribution in [-0.4, -0.2) is 135 Å². The van der Waals surface area contributed by atoms with Gasteiger partial charge in [0.2, 0.25) is 18.0 Å². The summed E-state index contributed by atoms with van der Waals surface area (Å²) in [6.07, 6.45) is -13.7. The Kier molecular flexibility index (Phi) is 9.29. The van der Waals surface area contributed by atoms with Crippen molar-refractivity contribution in [1.82, 2.24) is 0 Å². The molecular formula is C34H46O16. The van der Waals surface area contributed by atoms with E-state index in [1.54, 1.807) is 20.8 Å². The van der Waals surface area contributed by atoms with Crippen LogP contribution in [0.2, 0.25) is 0 Å². The highest BCUT2D eigenvalue weighted by atomic mass is 16.7. The molecule has 3 heterocycles. The van der Waals surface area contributed by atoms with E-state index in [2.05, 4.69) is 0 Å². The number of ketones is 1. The number of fused-ring (bicyclic) bond motifs is 2. The molecule has 1 spiro atoms. The SMILES string of the molecule is COC(=O)[C@@]12OC[C@]34C(C(O)C1O)[C@@]1(C)CC(=O)C(O[C@@H]5O[C@H](CO)[C@@H](O)[C@H](O)[C@H]5O)=C(C)C1C[C@H]3OC(=O)[C@H](OC(=O)/C=C(\C)C(C)C)[C@H]42. The smallest absolute Gasteiger partial charge is 0.348 e. The second-order valence-electron chi connectivity index (χ2n) is 15.1. The van der Waals surface area contributed by atoms with Crippen LogP contribution in [0.15, 0.2) is 23.0 Å². The Labute approximate surface area is 287 Å². The van der Waals surface area contributed by atoms with Gasteiger partial charge in [-0.25, -0.2) is 14.4 Å². The maximum absolute atomic E-state index is 14.0. The maximum atomic E-state index is 14.0. The van der Waals surface area contributed by atoms with Gasteiger partial charge in [0, 0.05) is 23.8 Å². The summed E-state index contributed by atoms with van der Waals surface area (Å²) in [6, 6.07) is 0. The number of carbonyl (C=O) groups excluding carboxylic acids is 4. The van der Waals surface area contributed by atoms with Gasteiger partial charge >= 0.3 is 17.9 Å². The number of ether oxygens (including phenoxy) is 6. The lowest BCUT2D eigenvalue weighted by Crippen LogP contribution is -2.79. The third-order valence-electron chi connectivity index (χ3n) is 12.4. The first-order valence-electron chi connectivity index (χ1n) is 16.8. The number of hydrogen-bond donors (Lipinski definition) is 6. The molecule has 6 N–H and O–H groups in total. The molecule has 0 aromatic heterocycles. The zero-order valence-corrected chi connectivity index (χ0v) is 28.7. The number of aliphatic hydroxyl groups excluding tert-OH is 6. The molecule has 3 aliphatic carbocycles. The van der Waals surface area contributed by atoms with Gasteiger partial charge in [-0.1, -0.05) is 26.3 Å². The van der Waals surface area contributed by atoms with Gasteiger partial charge in [0.25, 0.3) is 0 Å². The third-order valence-corrected chi connectivity index (χ3v) is 12.4. The van der Waals surface area contributed by atoms with Crippen LogP contribution in [0.1, 0.15) is 47.5 Å². The number of esters is 3. The van der Waals surface area contributed by atoms with Crippen molar-refractivity contribution < 1.29 is 78.2 Å². The molecule has 50 heavy (non-hydrogen) atoms. The zero-order valence-electron chi connectivity index (χ0n) is 28.7. The molecule has 3 aliphatic heterocycles. The maximum Gasteiger partial charge on any atom is 0.348 e. The number of rotatable bonds is 7. The zero-order chi connectivity index (χ0) is 36.8. The predicted molar refractivity (Wildman–Crippen MR) is 164 cm³/mol. The summed E-state index contributed by atoms with van der Waals surface area (Å²) in [4.78, 5) is 54.6. The molecular weight excluding hydrogens is 664 g/mol. The number of aliphatic hydroxyl groups is 6. The normalized spacial score (nSPS) is 46.9. The van der Waals surface area contributed by atoms with Gasteiger partial charge in [-0.3, -0.25) is 4.79 Å². The van der Waals surface area contributed by atoms with Crippen LogP contribution in [0.3, 0.4) is 0 Å². The molecule has 0 aromatic rings. The van der Waals surface area contributed by atoms with Gasteiger partial charge in [0.05, 0.1) is 32.3 Å². The van der Waals surface area contributed by atoms with E-state index in [1.165, 1.54) is 6.08 Å². The summed E-state index contributed by atoms with van der Waals surface area (Å²) >= 11 is 0. The minimum atomic E-state index is -2.33. The van der Waals surface area contributed by atoms with Gasteiger partial charge in [-0.2, -0.15) is 0 Å². The number of allylic oxidation sites excluding steroid dienone is 3. The van der Waals surface area contributed by atoms with Crippen LogP contribution < -0.4 is 0 Å². The topological polar surface area (TPSA) is 245 Å². The predicted octanol–water partition coefficient (Wildman–Crippen LogP) is -1.59. The van der Waals surface area contributed by atoms with Crippen molar-refractivity contribution in [1.29, 1.82) is 0 Å². The summed E-state index contributed by atoms with van der Waals surface area (Å²) in [5, 5.41) is 64.6. The highest BCUT2D eigenvalue weighted by molar-refractivity contribution is 5.96. The lowest BCUT2D eigenvalue weighted by molar-refractivity contribution is -0.296. The molecule has 16 heteroatoms. The van der Waals surface area contributed by atoms with E-state index < -0.39 is 120 Å². The van der Waals surface area contributed by atoms with E-state index in [1.807, 2.05) is 13.8 Å². The van der Waals surface area contributed by atoms with E-state index in [0.717, 1.165) is 7.11 Å². The van der Waals surface area contributed by atoms with E-state index in [9.17, 15) is 49.8 Å². The molecule has 0 aromatic carbocycles. The largest absolute Gasteiger partial charge is 0.467 e. The first-order valence-corrected chi connectivity index (χ1v) is 16.8. The van der Waals surface area contributed by atoms with Crippen molar-refractivity contribution in [2.75, 3.05) is 20.3 Å². The lowest BCUT2D eigenvalue weighted by Gasteiger charge is -2.67. The first-order chi connectivity index (χ1) is 23.4. The fraction of sp³-hybridized carbons (Fsp3) is 0.765. The van der Waals surface area contributed by atoms with Crippen molar-refractivity contribution in [3.05, 3.63) is 23.0 Å². The van der Waals surface area contributed by atoms with Crippen LogP contribution >= 0.6 is 0 Å². The summed E-state index contributed by atoms with van der Waals surface area (Å²) in [7, 11) is 1.06. The van der Waals surface area contributed by atoms with Crippen molar-refractivity contribution in [2.45, 2.75) is 108 Å². The minimum Gasteiger partial charge on any atom is -0.467 e. The van der Waals surface area contributed by atoms with Crippen molar-refractivity contribution in [3.63, 3.8) is 0 Å². The Morgan fingerprint density at radius 1 is 1.04 bits per heavy atom. The fourth-order valence-corrected chi connectivity index (χ4v) is 9.80. The Bertz CT molecular complexity index is 1500. The first kappa shape index (κ1) is 36.8. The van der Waals surface area contributed by atoms with Gasteiger partial charge in [0.15, 0.2) is 11.5 Å². The van der Waals surface area contributed by atoms with Gasteiger partial charge in [-0.05, 0) is 43.1 Å². The lowest BCUT2D eigenvalue weighted by atomic mass is 9.38. The van der Waals surface area contributed by atoms with Gasteiger partial charge in [0.1, 0.15) is 36.6 Å². The monoisotopic (exact) mass is 710 g/mol. The van der Waals surface area contributed by atoms with E-state index in [-0.39, 0.29) is 31.1 Å². The van der Waals surface area contributed by atoms with Crippen LogP contribution in [0.5, 0.6) is 0 Å². The standard InChI is InChI=1S/C34H46O16/c1-12(2)13(3)7-19(37)49-25-27-33-11-46-34(27,31(44)45-6)28(42)23(41)26(33)32(5)9-16(36)24(14(4)15(32)8-18(33)48-29(25)43)50-30-22(40)21(39)20(38)17(10-35)47-30/h7,12,15,17-18,20-23,25-28,30,35,38-42H,8-11H2,1-6H3/b13-7+/t15?,17-,18-,20-,21+,22-,23?,25-,26?,27-,28?,30+,32+,33-,34+/m1/s1. The highest BCUT2D eigenvalue weighted by Crippen LogP contribution is 2.73. The van der Waals surface area contributed by atoms with E-state index >= 15 is 0 Å². The molecule has 0 amide bonds. The van der Waals surface area contributed by atoms with Crippen molar-refractivity contribution >= 4 is 23.7 Å². The number of carbonyl (C=O) groups is 4. The van der Waals surface area contributed by atoms with Crippen molar-refractivity contribution in [2.24, 2.45) is 34.5 Å². The summed E-state index contributed by atoms with van der Waals surface area (Å²) in [5.41, 5.74) is -3.97. The Balaban J connectivity index is 1.44. The summed E-state index contributed by atoms with van der Waals surface area (Å²) < 4.78 is 34.3. The van der Waals surface area contributed by atoms with E-state index in [4.69, 9.17) is 28.4 Å². The van der Waals surface area contributed by atoms with Crippen LogP contribution in [0.25, 0.3) is 0 Å². The molecule has 6 aliphatic rings. The molecule has 16 nitrogen and oxygen atoms in total. The number of Topliss-reactive ketones (excluding diaryl/α,β-unsaturated/α-hetero) is 1. The highest BCUT2D eigenvalue weighted by Gasteiger charge is 2.85. The second kappa shape index (κ2) is 12.6. The number of hydrogen-bond acceptors (Lipinski definition) is 16. The van der Waals surface area contributed by atoms with Crippen LogP contribution in [0, 0.1) is 34.5 Å². The Morgan fingerprint density at radius 3 is 2.34 bits per heavy atom. The molecule has 6 rings (SSSR count). The van der Waals surface area contributed by atoms with Crippen LogP contribution in [-0.2, 0) is 47.6 Å². The molecule has 0 radical (unpaired) electrons. The van der Waals surface area contributed by atoms with Crippen molar-refractivity contribution in [3.8, 4) is 0 Å². The van der Waals surface area contributed by atoms with Crippen LogP contribution in [0.4, 0.5) is 0 Å². The summed E-state index contributed by atoms with van der Waals surface area (Å²) in [6.45, 7) is 7.74. The Hall–Kier alpha value is -2.96. The minimum absolute atomic E-state index is 0.0225. The average molecular weight is 711 g/mol. The second-order valence-corrected chi connectivity index (χ2v) is 15.1. The molecule has 2 saturated carbocycles. The molecule has 5 fully saturated rings. The fourth-order valence-electron chi connectivity index (χ4n) is 9.80. The van der Waals surface area contributed by atoms with Gasteiger partial charge in [-0.15, -0.1) is 0 Å².